The molecule has 0 bridgehead atoms. The monoisotopic (exact) mass is 347 g/mol. The number of hydrogen-bond acceptors (Lipinski definition) is 2. The van der Waals surface area contributed by atoms with Gasteiger partial charge in [0.15, 0.2) is 0 Å². The zero-order valence-electron chi connectivity index (χ0n) is 13.8. The maximum Gasteiger partial charge on any atom is 0.0805 e. The maximum atomic E-state index is 6.17. The molecule has 1 atom stereocenters. The van der Waals surface area contributed by atoms with Gasteiger partial charge in [-0.1, -0.05) is 41.9 Å². The summed E-state index contributed by atoms with van der Waals surface area (Å²) in [5, 5.41) is 5.55. The molecule has 2 N–H and O–H groups in total. The number of rotatable bonds is 4. The number of halogens is 1. The number of fused-ring (bicyclic) bond motifs is 1. The van der Waals surface area contributed by atoms with E-state index in [2.05, 4.69) is 46.5 Å². The number of hydrogen-bond donors (Lipinski definition) is 2. The number of nitrogens with zero attached hydrogens (tertiary/aromatic N) is 1. The molecule has 0 radical (unpaired) electrons. The van der Waals surface area contributed by atoms with Crippen molar-refractivity contribution >= 4 is 28.2 Å². The van der Waals surface area contributed by atoms with Crippen LogP contribution in [0, 0.1) is 6.92 Å². The van der Waals surface area contributed by atoms with Crippen LogP contribution in [0.15, 0.2) is 73.1 Å². The summed E-state index contributed by atoms with van der Waals surface area (Å²) in [7, 11) is 0. The van der Waals surface area contributed by atoms with Gasteiger partial charge in [0.25, 0.3) is 0 Å². The molecule has 0 fully saturated rings. The molecule has 0 aliphatic heterocycles. The number of pyridine rings is 1. The minimum Gasteiger partial charge on any atom is -0.374 e. The number of aromatic amines is 1. The van der Waals surface area contributed by atoms with Crippen LogP contribution in [0.4, 0.5) is 5.69 Å². The van der Waals surface area contributed by atoms with Crippen LogP contribution < -0.4 is 5.32 Å². The summed E-state index contributed by atoms with van der Waals surface area (Å²) in [6.07, 6.45) is 3.70. The van der Waals surface area contributed by atoms with Crippen LogP contribution in [-0.4, -0.2) is 9.97 Å². The highest BCUT2D eigenvalue weighted by molar-refractivity contribution is 6.30. The van der Waals surface area contributed by atoms with Crippen LogP contribution in [-0.2, 0) is 0 Å². The highest BCUT2D eigenvalue weighted by Crippen LogP contribution is 2.34. The van der Waals surface area contributed by atoms with Crippen molar-refractivity contribution < 1.29 is 0 Å². The third kappa shape index (κ3) is 3.11. The minimum absolute atomic E-state index is 0.0247. The second kappa shape index (κ2) is 6.61. The first-order valence-corrected chi connectivity index (χ1v) is 8.59. The first-order chi connectivity index (χ1) is 12.2. The van der Waals surface area contributed by atoms with Crippen molar-refractivity contribution in [2.75, 3.05) is 5.32 Å². The van der Waals surface area contributed by atoms with Crippen molar-refractivity contribution in [1.82, 2.24) is 9.97 Å². The van der Waals surface area contributed by atoms with Crippen LogP contribution in [0.3, 0.4) is 0 Å². The van der Waals surface area contributed by atoms with Gasteiger partial charge in [0.05, 0.1) is 6.04 Å². The lowest BCUT2D eigenvalue weighted by molar-refractivity contribution is 0.923. The van der Waals surface area contributed by atoms with Crippen LogP contribution in [0.1, 0.15) is 22.9 Å². The molecular weight excluding hydrogens is 330 g/mol. The first kappa shape index (κ1) is 15.7. The van der Waals surface area contributed by atoms with Gasteiger partial charge >= 0.3 is 0 Å². The Labute approximate surface area is 151 Å². The lowest BCUT2D eigenvalue weighted by Gasteiger charge is -2.21. The Morgan fingerprint density at radius 2 is 1.92 bits per heavy atom. The fraction of sp³-hybridized carbons (Fsp3) is 0.0952. The Morgan fingerprint density at radius 3 is 2.72 bits per heavy atom. The van der Waals surface area contributed by atoms with E-state index in [0.29, 0.717) is 5.02 Å². The lowest BCUT2D eigenvalue weighted by Crippen LogP contribution is -2.13. The molecule has 2 aromatic carbocycles. The van der Waals surface area contributed by atoms with Crippen LogP contribution >= 0.6 is 11.6 Å². The quantitative estimate of drug-likeness (QED) is 0.495. The van der Waals surface area contributed by atoms with E-state index in [-0.39, 0.29) is 6.04 Å². The lowest BCUT2D eigenvalue weighted by atomic mass is 9.97. The van der Waals surface area contributed by atoms with Gasteiger partial charge < -0.3 is 10.3 Å². The van der Waals surface area contributed by atoms with Crippen molar-refractivity contribution in [3.63, 3.8) is 0 Å². The van der Waals surface area contributed by atoms with Crippen LogP contribution in [0.2, 0.25) is 5.02 Å². The van der Waals surface area contributed by atoms with Gasteiger partial charge in [-0.05, 0) is 42.8 Å². The summed E-state index contributed by atoms with van der Waals surface area (Å²) in [4.78, 5) is 7.80. The van der Waals surface area contributed by atoms with Gasteiger partial charge in [-0.15, -0.1) is 0 Å². The zero-order valence-corrected chi connectivity index (χ0v) is 14.6. The summed E-state index contributed by atoms with van der Waals surface area (Å²) in [6.45, 7) is 2.11. The summed E-state index contributed by atoms with van der Waals surface area (Å²) >= 11 is 6.17. The number of nitrogens with one attached hydrogen (secondary N) is 2. The minimum atomic E-state index is -0.0247. The fourth-order valence-electron chi connectivity index (χ4n) is 3.28. The normalized spacial score (nSPS) is 12.2. The summed E-state index contributed by atoms with van der Waals surface area (Å²) in [5.41, 5.74) is 5.59. The van der Waals surface area contributed by atoms with E-state index in [9.17, 15) is 0 Å². The number of H-pyrrole nitrogens is 1. The van der Waals surface area contributed by atoms with Gasteiger partial charge in [0, 0.05) is 45.3 Å². The van der Waals surface area contributed by atoms with Crippen molar-refractivity contribution in [3.05, 3.63) is 94.9 Å². The molecule has 0 amide bonds. The summed E-state index contributed by atoms with van der Waals surface area (Å²) in [6, 6.07) is 20.2. The number of benzene rings is 2. The highest BCUT2D eigenvalue weighted by Gasteiger charge is 2.21. The Balaban J connectivity index is 1.87. The van der Waals surface area contributed by atoms with E-state index in [1.165, 1.54) is 10.9 Å². The third-order valence-corrected chi connectivity index (χ3v) is 4.62. The van der Waals surface area contributed by atoms with Crippen molar-refractivity contribution in [3.8, 4) is 0 Å². The standard InChI is InChI=1S/C21H18ClN3/c1-14-20(18-9-2-3-10-19(18)24-14)21(15-6-5-11-23-13-15)25-17-8-4-7-16(22)12-17/h2-13,21,24-25H,1H3/t21-/m0/s1. The third-order valence-electron chi connectivity index (χ3n) is 4.39. The second-order valence-electron chi connectivity index (χ2n) is 6.08. The van der Waals surface area contributed by atoms with Crippen molar-refractivity contribution in [2.24, 2.45) is 0 Å². The average Bonchev–Trinajstić information content (AvgIpc) is 2.96. The molecule has 0 saturated heterocycles. The number of aromatic nitrogens is 2. The van der Waals surface area contributed by atoms with Gasteiger partial charge in [0.1, 0.15) is 0 Å². The fourth-order valence-corrected chi connectivity index (χ4v) is 3.47. The smallest absolute Gasteiger partial charge is 0.0805 e. The Morgan fingerprint density at radius 1 is 1.04 bits per heavy atom. The van der Waals surface area contributed by atoms with E-state index < -0.39 is 0 Å². The molecule has 4 heteroatoms. The largest absolute Gasteiger partial charge is 0.374 e. The molecule has 25 heavy (non-hydrogen) atoms. The number of anilines is 1. The van der Waals surface area contributed by atoms with Gasteiger partial charge in [0.2, 0.25) is 0 Å². The molecule has 0 saturated carbocycles. The van der Waals surface area contributed by atoms with E-state index in [4.69, 9.17) is 11.6 Å². The summed E-state index contributed by atoms with van der Waals surface area (Å²) < 4.78 is 0. The first-order valence-electron chi connectivity index (χ1n) is 8.21. The predicted octanol–water partition coefficient (Wildman–Crippen LogP) is 5.73. The number of aryl methyl sites for hydroxylation is 1. The Hall–Kier alpha value is -2.78. The predicted molar refractivity (Wildman–Crippen MR) is 104 cm³/mol. The molecule has 124 valence electrons. The molecule has 4 aromatic rings. The van der Waals surface area contributed by atoms with E-state index >= 15 is 0 Å². The second-order valence-corrected chi connectivity index (χ2v) is 6.52. The Kier molecular flexibility index (Phi) is 4.16. The average molecular weight is 348 g/mol. The number of para-hydroxylation sites is 1. The SMILES string of the molecule is Cc1[nH]c2ccccc2c1[C@@H](Nc1cccc(Cl)c1)c1cccnc1. The molecule has 2 heterocycles. The van der Waals surface area contributed by atoms with Gasteiger partial charge in [-0.2, -0.15) is 0 Å². The molecule has 0 aliphatic rings. The molecule has 0 spiro atoms. The van der Waals surface area contributed by atoms with Crippen molar-refractivity contribution in [2.45, 2.75) is 13.0 Å². The zero-order chi connectivity index (χ0) is 17.2. The Bertz CT molecular complexity index is 1010. The van der Waals surface area contributed by atoms with Gasteiger partial charge in [-0.3, -0.25) is 4.98 Å². The van der Waals surface area contributed by atoms with E-state index in [1.54, 1.807) is 6.20 Å². The molecule has 0 aliphatic carbocycles. The highest BCUT2D eigenvalue weighted by atomic mass is 35.5. The molecule has 4 rings (SSSR count). The van der Waals surface area contributed by atoms with E-state index in [1.807, 2.05) is 42.6 Å². The van der Waals surface area contributed by atoms with E-state index in [0.717, 1.165) is 22.5 Å². The van der Waals surface area contributed by atoms with Crippen molar-refractivity contribution in [1.29, 1.82) is 0 Å². The molecular formula is C21H18ClN3. The molecule has 0 unspecified atom stereocenters. The van der Waals surface area contributed by atoms with Gasteiger partial charge in [-0.25, -0.2) is 0 Å². The molecule has 3 nitrogen and oxygen atoms in total. The maximum absolute atomic E-state index is 6.17. The summed E-state index contributed by atoms with van der Waals surface area (Å²) in [5.74, 6) is 0. The molecule has 2 aromatic heterocycles. The van der Waals surface area contributed by atoms with Crippen LogP contribution in [0.25, 0.3) is 10.9 Å². The topological polar surface area (TPSA) is 40.7 Å². The van der Waals surface area contributed by atoms with Crippen LogP contribution in [0.5, 0.6) is 0 Å².